The minimum atomic E-state index is -4.70. The van der Waals surface area contributed by atoms with E-state index >= 15 is 0 Å². The summed E-state index contributed by atoms with van der Waals surface area (Å²) in [5, 5.41) is 13.4. The average Bonchev–Trinajstić information content (AvgIpc) is 2.20. The zero-order valence-electron chi connectivity index (χ0n) is 9.27. The van der Waals surface area contributed by atoms with Gasteiger partial charge in [-0.2, -0.15) is 13.2 Å². The minimum absolute atomic E-state index is 0.0560. The fourth-order valence-corrected chi connectivity index (χ4v) is 0.800. The first-order valence-corrected chi connectivity index (χ1v) is 5.02. The molecule has 0 fully saturated rings. The lowest BCUT2D eigenvalue weighted by atomic mass is 10.2. The minimum Gasteiger partial charge on any atom is -0.382 e. The van der Waals surface area contributed by atoms with Gasteiger partial charge in [0.2, 0.25) is 5.91 Å². The summed E-state index contributed by atoms with van der Waals surface area (Å²) >= 11 is 0. The van der Waals surface area contributed by atoms with Gasteiger partial charge < -0.3 is 15.7 Å². The van der Waals surface area contributed by atoms with E-state index in [-0.39, 0.29) is 12.6 Å². The van der Waals surface area contributed by atoms with Gasteiger partial charge in [0.25, 0.3) is 0 Å². The molecule has 0 radical (unpaired) electrons. The average molecular weight is 242 g/mol. The van der Waals surface area contributed by atoms with Crippen LogP contribution >= 0.6 is 0 Å². The van der Waals surface area contributed by atoms with Crippen molar-refractivity contribution in [3.8, 4) is 0 Å². The molecule has 7 heteroatoms. The van der Waals surface area contributed by atoms with Crippen molar-refractivity contribution in [3.05, 3.63) is 0 Å². The molecule has 0 aliphatic carbocycles. The molecule has 0 aliphatic rings. The van der Waals surface area contributed by atoms with Crippen molar-refractivity contribution in [2.75, 3.05) is 13.1 Å². The summed E-state index contributed by atoms with van der Waals surface area (Å²) in [6, 6.07) is 0.123. The molecular weight excluding hydrogens is 225 g/mol. The third kappa shape index (κ3) is 6.62. The summed E-state index contributed by atoms with van der Waals surface area (Å²) in [7, 11) is 0. The van der Waals surface area contributed by atoms with Crippen molar-refractivity contribution in [2.24, 2.45) is 0 Å². The number of amides is 1. The molecule has 4 nitrogen and oxygen atoms in total. The van der Waals surface area contributed by atoms with Crippen molar-refractivity contribution in [1.82, 2.24) is 10.6 Å². The Bertz CT molecular complexity index is 221. The standard InChI is InChI=1S/C9H17F3N2O2/c1-3-6(2)13-5-8(16)14-4-7(15)9(10,11)12/h6-7,13,15H,3-5H2,1-2H3,(H,14,16). The summed E-state index contributed by atoms with van der Waals surface area (Å²) in [6.45, 7) is 2.91. The van der Waals surface area contributed by atoms with E-state index in [1.165, 1.54) is 0 Å². The van der Waals surface area contributed by atoms with Gasteiger partial charge >= 0.3 is 6.18 Å². The van der Waals surface area contributed by atoms with Gasteiger partial charge in [-0.1, -0.05) is 6.92 Å². The van der Waals surface area contributed by atoms with Gasteiger partial charge in [0.05, 0.1) is 13.1 Å². The normalized spacial score (nSPS) is 15.6. The summed E-state index contributed by atoms with van der Waals surface area (Å²) in [6.07, 6.45) is -6.39. The number of nitrogens with one attached hydrogen (secondary N) is 2. The number of rotatable bonds is 6. The second kappa shape index (κ2) is 6.70. The quantitative estimate of drug-likeness (QED) is 0.632. The maximum absolute atomic E-state index is 11.9. The van der Waals surface area contributed by atoms with E-state index in [0.717, 1.165) is 6.42 Å². The van der Waals surface area contributed by atoms with Gasteiger partial charge in [0.1, 0.15) is 0 Å². The SMILES string of the molecule is CCC(C)NCC(=O)NCC(O)C(F)(F)F. The molecule has 0 saturated carbocycles. The molecule has 0 saturated heterocycles. The number of aliphatic hydroxyl groups is 1. The van der Waals surface area contributed by atoms with Crippen LogP contribution in [0.5, 0.6) is 0 Å². The van der Waals surface area contributed by atoms with Gasteiger partial charge in [-0.25, -0.2) is 0 Å². The van der Waals surface area contributed by atoms with E-state index in [1.807, 2.05) is 19.2 Å². The van der Waals surface area contributed by atoms with E-state index in [9.17, 15) is 18.0 Å². The Hall–Kier alpha value is -0.820. The first kappa shape index (κ1) is 15.2. The van der Waals surface area contributed by atoms with E-state index in [4.69, 9.17) is 5.11 Å². The maximum Gasteiger partial charge on any atom is 0.416 e. The molecular formula is C9H17F3N2O2. The molecule has 0 aromatic carbocycles. The molecule has 0 rings (SSSR count). The van der Waals surface area contributed by atoms with Crippen LogP contribution in [0.1, 0.15) is 20.3 Å². The molecule has 0 aliphatic heterocycles. The fraction of sp³-hybridized carbons (Fsp3) is 0.889. The highest BCUT2D eigenvalue weighted by Crippen LogP contribution is 2.18. The molecule has 0 spiro atoms. The van der Waals surface area contributed by atoms with Crippen molar-refractivity contribution in [3.63, 3.8) is 0 Å². The van der Waals surface area contributed by atoms with Crippen LogP contribution in [0.2, 0.25) is 0 Å². The number of alkyl halides is 3. The van der Waals surface area contributed by atoms with Gasteiger partial charge in [-0.3, -0.25) is 4.79 Å². The zero-order valence-corrected chi connectivity index (χ0v) is 9.27. The van der Waals surface area contributed by atoms with Crippen LogP contribution in [0.15, 0.2) is 0 Å². The van der Waals surface area contributed by atoms with Crippen molar-refractivity contribution >= 4 is 5.91 Å². The number of hydrogen-bond acceptors (Lipinski definition) is 3. The number of hydrogen-bond donors (Lipinski definition) is 3. The Morgan fingerprint density at radius 3 is 2.44 bits per heavy atom. The van der Waals surface area contributed by atoms with E-state index < -0.39 is 24.7 Å². The molecule has 2 atom stereocenters. The second-order valence-electron chi connectivity index (χ2n) is 3.55. The van der Waals surface area contributed by atoms with E-state index in [0.29, 0.717) is 0 Å². The second-order valence-corrected chi connectivity index (χ2v) is 3.55. The molecule has 2 unspecified atom stereocenters. The van der Waals surface area contributed by atoms with Crippen molar-refractivity contribution < 1.29 is 23.1 Å². The van der Waals surface area contributed by atoms with Crippen LogP contribution in [-0.4, -0.2) is 42.4 Å². The highest BCUT2D eigenvalue weighted by molar-refractivity contribution is 5.78. The van der Waals surface area contributed by atoms with Crippen LogP contribution in [0.4, 0.5) is 13.2 Å². The lowest BCUT2D eigenvalue weighted by Gasteiger charge is -2.16. The molecule has 0 aromatic heterocycles. The Morgan fingerprint density at radius 2 is 2.00 bits per heavy atom. The molecule has 16 heavy (non-hydrogen) atoms. The van der Waals surface area contributed by atoms with Crippen LogP contribution in [0.3, 0.4) is 0 Å². The third-order valence-corrected chi connectivity index (χ3v) is 2.09. The molecule has 0 aromatic rings. The largest absolute Gasteiger partial charge is 0.416 e. The third-order valence-electron chi connectivity index (χ3n) is 2.09. The Labute approximate surface area is 92.2 Å². The zero-order chi connectivity index (χ0) is 12.8. The van der Waals surface area contributed by atoms with Crippen LogP contribution in [-0.2, 0) is 4.79 Å². The predicted molar refractivity (Wildman–Crippen MR) is 52.8 cm³/mol. The number of carbonyl (C=O) groups excluding carboxylic acids is 1. The van der Waals surface area contributed by atoms with Gasteiger partial charge in [0, 0.05) is 6.04 Å². The number of aliphatic hydroxyl groups excluding tert-OH is 1. The van der Waals surface area contributed by atoms with Crippen molar-refractivity contribution in [2.45, 2.75) is 38.6 Å². The smallest absolute Gasteiger partial charge is 0.382 e. The molecule has 0 bridgehead atoms. The topological polar surface area (TPSA) is 61.4 Å². The number of halogens is 3. The summed E-state index contributed by atoms with van der Waals surface area (Å²) in [5.41, 5.74) is 0. The Morgan fingerprint density at radius 1 is 1.44 bits per heavy atom. The highest BCUT2D eigenvalue weighted by atomic mass is 19.4. The highest BCUT2D eigenvalue weighted by Gasteiger charge is 2.38. The summed E-state index contributed by atoms with van der Waals surface area (Å²) in [5.74, 6) is -0.566. The molecule has 1 amide bonds. The summed E-state index contributed by atoms with van der Waals surface area (Å²) < 4.78 is 35.6. The van der Waals surface area contributed by atoms with E-state index in [1.54, 1.807) is 0 Å². The lowest BCUT2D eigenvalue weighted by Crippen LogP contribution is -2.44. The summed E-state index contributed by atoms with van der Waals surface area (Å²) in [4.78, 5) is 11.0. The van der Waals surface area contributed by atoms with E-state index in [2.05, 4.69) is 5.32 Å². The van der Waals surface area contributed by atoms with Crippen LogP contribution < -0.4 is 10.6 Å². The van der Waals surface area contributed by atoms with Gasteiger partial charge in [0.15, 0.2) is 6.10 Å². The Kier molecular flexibility index (Phi) is 6.35. The molecule has 3 N–H and O–H groups in total. The molecule has 0 heterocycles. The van der Waals surface area contributed by atoms with Gasteiger partial charge in [-0.15, -0.1) is 0 Å². The van der Waals surface area contributed by atoms with Crippen LogP contribution in [0.25, 0.3) is 0 Å². The number of carbonyl (C=O) groups is 1. The van der Waals surface area contributed by atoms with Crippen LogP contribution in [0, 0.1) is 0 Å². The fourth-order valence-electron chi connectivity index (χ4n) is 0.800. The van der Waals surface area contributed by atoms with Crippen molar-refractivity contribution in [1.29, 1.82) is 0 Å². The first-order valence-electron chi connectivity index (χ1n) is 5.02. The Balaban J connectivity index is 3.74. The molecule has 96 valence electrons. The first-order chi connectivity index (χ1) is 7.27. The van der Waals surface area contributed by atoms with Gasteiger partial charge in [-0.05, 0) is 13.3 Å². The predicted octanol–water partition coefficient (Wildman–Crippen LogP) is 0.414. The monoisotopic (exact) mass is 242 g/mol. The lowest BCUT2D eigenvalue weighted by molar-refractivity contribution is -0.201. The maximum atomic E-state index is 11.9.